The highest BCUT2D eigenvalue weighted by Gasteiger charge is 2.19. The Morgan fingerprint density at radius 3 is 2.44 bits per heavy atom. The highest BCUT2D eigenvalue weighted by molar-refractivity contribution is 6.06. The number of rotatable bonds is 8. The Labute approximate surface area is 213 Å². The fraction of sp³-hybridized carbons (Fsp3) is 0.226. The summed E-state index contributed by atoms with van der Waals surface area (Å²) in [5.74, 6) is 1.56. The highest BCUT2D eigenvalue weighted by atomic mass is 16.5. The number of methoxy groups -OCH3 is 1. The molecule has 0 amide bonds. The number of carbonyl (C=O) groups is 1. The van der Waals surface area contributed by atoms with E-state index in [1.807, 2.05) is 59.3 Å². The van der Waals surface area contributed by atoms with Crippen molar-refractivity contribution < 1.29 is 14.3 Å². The van der Waals surface area contributed by atoms with E-state index in [-0.39, 0.29) is 11.2 Å². The van der Waals surface area contributed by atoms with Gasteiger partial charge in [0.05, 0.1) is 13.4 Å². The Morgan fingerprint density at radius 2 is 1.78 bits per heavy atom. The molecule has 0 saturated heterocycles. The van der Waals surface area contributed by atoms with Gasteiger partial charge in [-0.3, -0.25) is 4.79 Å². The third kappa shape index (κ3) is 5.92. The van der Waals surface area contributed by atoms with Gasteiger partial charge >= 0.3 is 0 Å². The van der Waals surface area contributed by atoms with Crippen molar-refractivity contribution in [2.75, 3.05) is 7.11 Å². The zero-order chi connectivity index (χ0) is 25.7. The van der Waals surface area contributed by atoms with Gasteiger partial charge in [-0.25, -0.2) is 4.98 Å². The maximum absolute atomic E-state index is 12.7. The summed E-state index contributed by atoms with van der Waals surface area (Å²) in [4.78, 5) is 16.8. The van der Waals surface area contributed by atoms with Gasteiger partial charge in [0.15, 0.2) is 5.78 Å². The summed E-state index contributed by atoms with van der Waals surface area (Å²) in [6, 6.07) is 19.6. The molecule has 4 aromatic rings. The number of hydrogen-bond acceptors (Lipinski definition) is 4. The van der Waals surface area contributed by atoms with Gasteiger partial charge in [0.1, 0.15) is 18.1 Å². The van der Waals surface area contributed by atoms with Gasteiger partial charge in [-0.2, -0.15) is 0 Å². The van der Waals surface area contributed by atoms with Crippen molar-refractivity contribution in [1.29, 1.82) is 0 Å². The van der Waals surface area contributed by atoms with Crippen molar-refractivity contribution in [2.45, 2.75) is 39.7 Å². The van der Waals surface area contributed by atoms with Crippen molar-refractivity contribution in [3.05, 3.63) is 113 Å². The Hall–Kier alpha value is -4.12. The molecule has 0 radical (unpaired) electrons. The van der Waals surface area contributed by atoms with Crippen LogP contribution in [0.25, 0.3) is 11.8 Å². The molecule has 1 heterocycles. The van der Waals surface area contributed by atoms with Crippen molar-refractivity contribution in [3.8, 4) is 17.2 Å². The summed E-state index contributed by atoms with van der Waals surface area (Å²) in [7, 11) is 1.65. The van der Waals surface area contributed by atoms with Crippen molar-refractivity contribution in [1.82, 2.24) is 9.55 Å². The summed E-state index contributed by atoms with van der Waals surface area (Å²) in [6.45, 7) is 8.96. The Bertz CT molecular complexity index is 1360. The molecule has 36 heavy (non-hydrogen) atoms. The molecular weight excluding hydrogens is 448 g/mol. The molecule has 3 aromatic carbocycles. The van der Waals surface area contributed by atoms with Crippen LogP contribution in [0.2, 0.25) is 0 Å². The molecule has 0 aliphatic carbocycles. The van der Waals surface area contributed by atoms with Crippen LogP contribution in [0.15, 0.2) is 85.5 Å². The first kappa shape index (κ1) is 25.0. The van der Waals surface area contributed by atoms with E-state index in [2.05, 4.69) is 50.9 Å². The molecule has 0 N–H and O–H groups in total. The SMILES string of the molecule is COc1ccc(/C=C/C(=O)c2ccc(-n3ccnc3)cc2)cc1COc1cc(C)ccc1C(C)(C)C. The van der Waals surface area contributed by atoms with Crippen LogP contribution >= 0.6 is 0 Å². The zero-order valence-electron chi connectivity index (χ0n) is 21.5. The molecule has 0 atom stereocenters. The number of ketones is 1. The predicted molar refractivity (Wildman–Crippen MR) is 144 cm³/mol. The van der Waals surface area contributed by atoms with Crippen LogP contribution in [-0.2, 0) is 12.0 Å². The van der Waals surface area contributed by atoms with Crippen LogP contribution in [0.5, 0.6) is 11.5 Å². The second-order valence-corrected chi connectivity index (χ2v) is 9.82. The fourth-order valence-corrected chi connectivity index (χ4v) is 4.02. The van der Waals surface area contributed by atoms with E-state index >= 15 is 0 Å². The van der Waals surface area contributed by atoms with Crippen LogP contribution in [0.3, 0.4) is 0 Å². The van der Waals surface area contributed by atoms with Gasteiger partial charge in [-0.1, -0.05) is 45.0 Å². The molecule has 184 valence electrons. The lowest BCUT2D eigenvalue weighted by molar-refractivity contribution is 0.104. The number of allylic oxidation sites excluding steroid dienone is 1. The van der Waals surface area contributed by atoms with E-state index in [9.17, 15) is 4.79 Å². The van der Waals surface area contributed by atoms with Gasteiger partial charge < -0.3 is 14.0 Å². The number of nitrogens with zero attached hydrogens (tertiary/aromatic N) is 2. The average Bonchev–Trinajstić information content (AvgIpc) is 3.40. The lowest BCUT2D eigenvalue weighted by atomic mass is 9.86. The Balaban J connectivity index is 1.50. The number of aryl methyl sites for hydroxylation is 1. The largest absolute Gasteiger partial charge is 0.496 e. The van der Waals surface area contributed by atoms with E-state index in [0.717, 1.165) is 39.4 Å². The van der Waals surface area contributed by atoms with Crippen LogP contribution < -0.4 is 9.47 Å². The van der Waals surface area contributed by atoms with Gasteiger partial charge in [-0.05, 0) is 77.6 Å². The Kier molecular flexibility index (Phi) is 7.39. The minimum Gasteiger partial charge on any atom is -0.496 e. The lowest BCUT2D eigenvalue weighted by Crippen LogP contribution is -2.13. The monoisotopic (exact) mass is 480 g/mol. The number of aromatic nitrogens is 2. The van der Waals surface area contributed by atoms with Crippen LogP contribution in [0.4, 0.5) is 0 Å². The maximum Gasteiger partial charge on any atom is 0.185 e. The number of carbonyl (C=O) groups excluding carboxylic acids is 1. The molecule has 1 aromatic heterocycles. The minimum absolute atomic E-state index is 0.0327. The molecule has 0 saturated carbocycles. The molecule has 0 unspecified atom stereocenters. The van der Waals surface area contributed by atoms with E-state index in [1.165, 1.54) is 0 Å². The quantitative estimate of drug-likeness (QED) is 0.202. The molecule has 4 rings (SSSR count). The third-order valence-corrected chi connectivity index (χ3v) is 6.01. The van der Waals surface area contributed by atoms with E-state index in [0.29, 0.717) is 12.2 Å². The predicted octanol–water partition coefficient (Wildman–Crippen LogP) is 6.96. The van der Waals surface area contributed by atoms with Crippen LogP contribution in [-0.4, -0.2) is 22.4 Å². The molecule has 5 heteroatoms. The number of ether oxygens (including phenoxy) is 2. The van der Waals surface area contributed by atoms with E-state index in [4.69, 9.17) is 9.47 Å². The Morgan fingerprint density at radius 1 is 1.00 bits per heavy atom. The first-order valence-electron chi connectivity index (χ1n) is 12.0. The first-order chi connectivity index (χ1) is 17.2. The topological polar surface area (TPSA) is 53.4 Å². The van der Waals surface area contributed by atoms with Crippen molar-refractivity contribution >= 4 is 11.9 Å². The van der Waals surface area contributed by atoms with Gasteiger partial charge in [0.25, 0.3) is 0 Å². The highest BCUT2D eigenvalue weighted by Crippen LogP contribution is 2.33. The lowest BCUT2D eigenvalue weighted by Gasteiger charge is -2.23. The summed E-state index contributed by atoms with van der Waals surface area (Å²) < 4.78 is 13.8. The molecule has 0 fully saturated rings. The smallest absolute Gasteiger partial charge is 0.185 e. The molecule has 5 nitrogen and oxygen atoms in total. The molecule has 0 aliphatic heterocycles. The van der Waals surface area contributed by atoms with Crippen LogP contribution in [0, 0.1) is 6.92 Å². The summed E-state index contributed by atoms with van der Waals surface area (Å²) >= 11 is 0. The third-order valence-electron chi connectivity index (χ3n) is 6.01. The minimum atomic E-state index is -0.0598. The molecule has 0 bridgehead atoms. The molecule has 0 aliphatic rings. The zero-order valence-corrected chi connectivity index (χ0v) is 21.5. The number of hydrogen-bond donors (Lipinski definition) is 0. The molecule has 0 spiro atoms. The molecular formula is C31H32N2O3. The summed E-state index contributed by atoms with van der Waals surface area (Å²) in [5.41, 5.74) is 5.68. The van der Waals surface area contributed by atoms with E-state index < -0.39 is 0 Å². The van der Waals surface area contributed by atoms with Gasteiger partial charge in [-0.15, -0.1) is 0 Å². The normalized spacial score (nSPS) is 11.6. The fourth-order valence-electron chi connectivity index (χ4n) is 4.02. The maximum atomic E-state index is 12.7. The van der Waals surface area contributed by atoms with Crippen LogP contribution in [0.1, 0.15) is 53.4 Å². The summed E-state index contributed by atoms with van der Waals surface area (Å²) in [5, 5.41) is 0. The van der Waals surface area contributed by atoms with Crippen molar-refractivity contribution in [2.24, 2.45) is 0 Å². The average molecular weight is 481 g/mol. The van der Waals surface area contributed by atoms with E-state index in [1.54, 1.807) is 25.7 Å². The standard InChI is InChI=1S/C31H32N2O3/c1-22-6-13-27(31(2,3)4)30(18-22)36-20-25-19-23(8-15-29(25)35-5)7-14-28(34)24-9-11-26(12-10-24)33-17-16-32-21-33/h6-19,21H,20H2,1-5H3/b14-7+. The second-order valence-electron chi connectivity index (χ2n) is 9.82. The van der Waals surface area contributed by atoms with Gasteiger partial charge in [0, 0.05) is 29.2 Å². The van der Waals surface area contributed by atoms with Gasteiger partial charge in [0.2, 0.25) is 0 Å². The first-order valence-corrected chi connectivity index (χ1v) is 12.0. The number of benzene rings is 3. The second kappa shape index (κ2) is 10.6. The number of imidazole rings is 1. The summed E-state index contributed by atoms with van der Waals surface area (Å²) in [6.07, 6.45) is 8.73. The van der Waals surface area contributed by atoms with Crippen molar-refractivity contribution in [3.63, 3.8) is 0 Å².